The number of morpholine rings is 1. The quantitative estimate of drug-likeness (QED) is 0.710. The molecular formula is C17H14Cl2N4O3. The molecule has 0 saturated carbocycles. The smallest absolute Gasteiger partial charge is 0.328 e. The zero-order valence-corrected chi connectivity index (χ0v) is 15.0. The van der Waals surface area contributed by atoms with E-state index in [1.807, 2.05) is 12.1 Å². The highest BCUT2D eigenvalue weighted by Gasteiger charge is 2.31. The van der Waals surface area contributed by atoms with Crippen LogP contribution in [0.15, 0.2) is 30.6 Å². The number of hydrogen-bond acceptors (Lipinski definition) is 5. The number of H-pyrrole nitrogens is 1. The van der Waals surface area contributed by atoms with Crippen molar-refractivity contribution in [1.82, 2.24) is 15.2 Å². The molecule has 0 amide bonds. The van der Waals surface area contributed by atoms with Crippen molar-refractivity contribution in [2.75, 3.05) is 24.7 Å². The minimum absolute atomic E-state index is 0.0966. The van der Waals surface area contributed by atoms with Crippen LogP contribution >= 0.6 is 23.2 Å². The Kier molecular flexibility index (Phi) is 4.44. The van der Waals surface area contributed by atoms with Crippen LogP contribution in [0.5, 0.6) is 0 Å². The van der Waals surface area contributed by atoms with Crippen molar-refractivity contribution in [3.8, 4) is 11.1 Å². The number of carboxylic acid groups (broad SMARTS) is 1. The number of fused-ring (bicyclic) bond motifs is 1. The first-order chi connectivity index (χ1) is 12.6. The van der Waals surface area contributed by atoms with E-state index in [0.29, 0.717) is 34.5 Å². The predicted octanol–water partition coefficient (Wildman–Crippen LogP) is 3.22. The van der Waals surface area contributed by atoms with Crippen LogP contribution in [0, 0.1) is 0 Å². The standard InChI is InChI=1S/C17H14Cl2N4O3/c18-12-2-1-10-11(9-6-20-21-7-9)5-14(22-16(10)15(12)19)23-3-4-26-8-13(23)17(24)25/h1-2,5-7,13H,3-4,8H2,(H,20,21)(H,24,25)/t13-/m0/s1. The number of hydrogen-bond donors (Lipinski definition) is 2. The average Bonchev–Trinajstić information content (AvgIpc) is 3.18. The highest BCUT2D eigenvalue weighted by molar-refractivity contribution is 6.45. The van der Waals surface area contributed by atoms with Gasteiger partial charge in [0.05, 0.1) is 35.0 Å². The number of aromatic amines is 1. The number of carboxylic acids is 1. The van der Waals surface area contributed by atoms with E-state index in [-0.39, 0.29) is 6.61 Å². The Morgan fingerprint density at radius 2 is 2.23 bits per heavy atom. The number of halogens is 2. The molecule has 0 bridgehead atoms. The lowest BCUT2D eigenvalue weighted by atomic mass is 10.0. The molecule has 26 heavy (non-hydrogen) atoms. The predicted molar refractivity (Wildman–Crippen MR) is 98.9 cm³/mol. The van der Waals surface area contributed by atoms with Crippen LogP contribution in [0.1, 0.15) is 0 Å². The van der Waals surface area contributed by atoms with E-state index in [1.165, 1.54) is 0 Å². The van der Waals surface area contributed by atoms with Crippen molar-refractivity contribution < 1.29 is 14.6 Å². The first-order valence-corrected chi connectivity index (χ1v) is 8.67. The molecule has 3 aromatic rings. The van der Waals surface area contributed by atoms with Gasteiger partial charge in [-0.15, -0.1) is 0 Å². The summed E-state index contributed by atoms with van der Waals surface area (Å²) in [6, 6.07) is 4.59. The molecule has 0 spiro atoms. The number of nitrogens with zero attached hydrogens (tertiary/aromatic N) is 3. The third-order valence-electron chi connectivity index (χ3n) is 4.38. The van der Waals surface area contributed by atoms with Crippen LogP contribution in [0.25, 0.3) is 22.0 Å². The van der Waals surface area contributed by atoms with E-state index < -0.39 is 12.0 Å². The normalized spacial score (nSPS) is 17.6. The topological polar surface area (TPSA) is 91.3 Å². The second kappa shape index (κ2) is 6.75. The molecule has 134 valence electrons. The van der Waals surface area contributed by atoms with Gasteiger partial charge < -0.3 is 14.7 Å². The van der Waals surface area contributed by atoms with Crippen molar-refractivity contribution in [1.29, 1.82) is 0 Å². The minimum atomic E-state index is -0.964. The first-order valence-electron chi connectivity index (χ1n) is 7.91. The second-order valence-electron chi connectivity index (χ2n) is 5.89. The molecule has 1 aliphatic rings. The zero-order chi connectivity index (χ0) is 18.3. The van der Waals surface area contributed by atoms with Gasteiger partial charge in [-0.25, -0.2) is 9.78 Å². The summed E-state index contributed by atoms with van der Waals surface area (Å²) in [5, 5.41) is 17.8. The number of aromatic nitrogens is 3. The number of ether oxygens (including phenoxy) is 1. The van der Waals surface area contributed by atoms with E-state index in [0.717, 1.165) is 16.5 Å². The average molecular weight is 393 g/mol. The Bertz CT molecular complexity index is 978. The van der Waals surface area contributed by atoms with Crippen LogP contribution in [-0.4, -0.2) is 52.1 Å². The van der Waals surface area contributed by atoms with Gasteiger partial charge in [-0.3, -0.25) is 5.10 Å². The molecule has 4 rings (SSSR count). The van der Waals surface area contributed by atoms with Crippen molar-refractivity contribution in [3.63, 3.8) is 0 Å². The molecule has 2 aromatic heterocycles. The van der Waals surface area contributed by atoms with Crippen LogP contribution in [0.4, 0.5) is 5.82 Å². The minimum Gasteiger partial charge on any atom is -0.480 e. The molecule has 9 heteroatoms. The van der Waals surface area contributed by atoms with E-state index in [4.69, 9.17) is 27.9 Å². The fourth-order valence-corrected chi connectivity index (χ4v) is 3.45. The molecule has 1 aliphatic heterocycles. The fourth-order valence-electron chi connectivity index (χ4n) is 3.09. The lowest BCUT2D eigenvalue weighted by Gasteiger charge is -2.34. The van der Waals surface area contributed by atoms with Crippen LogP contribution in [0.2, 0.25) is 10.0 Å². The molecule has 2 N–H and O–H groups in total. The number of rotatable bonds is 3. The lowest BCUT2D eigenvalue weighted by Crippen LogP contribution is -2.50. The summed E-state index contributed by atoms with van der Waals surface area (Å²) >= 11 is 12.6. The van der Waals surface area contributed by atoms with Gasteiger partial charge in [0, 0.05) is 23.7 Å². The Balaban J connectivity index is 1.95. The van der Waals surface area contributed by atoms with Crippen LogP contribution in [-0.2, 0) is 9.53 Å². The monoisotopic (exact) mass is 392 g/mol. The van der Waals surface area contributed by atoms with Gasteiger partial charge in [-0.05, 0) is 17.7 Å². The van der Waals surface area contributed by atoms with Crippen molar-refractivity contribution in [3.05, 3.63) is 40.6 Å². The lowest BCUT2D eigenvalue weighted by molar-refractivity contribution is -0.141. The van der Waals surface area contributed by atoms with Crippen molar-refractivity contribution >= 4 is 45.9 Å². The maximum Gasteiger partial charge on any atom is 0.328 e. The van der Waals surface area contributed by atoms with Gasteiger partial charge in [0.1, 0.15) is 5.82 Å². The highest BCUT2D eigenvalue weighted by Crippen LogP contribution is 2.37. The number of aliphatic carboxylic acids is 1. The molecule has 1 saturated heterocycles. The molecule has 7 nitrogen and oxygen atoms in total. The van der Waals surface area contributed by atoms with E-state index in [2.05, 4.69) is 15.2 Å². The highest BCUT2D eigenvalue weighted by atomic mass is 35.5. The summed E-state index contributed by atoms with van der Waals surface area (Å²) in [6.45, 7) is 0.936. The molecule has 1 fully saturated rings. The summed E-state index contributed by atoms with van der Waals surface area (Å²) in [5.74, 6) is -0.456. The SMILES string of the molecule is O=C(O)[C@@H]1COCCN1c1cc(-c2cn[nH]c2)c2ccc(Cl)c(Cl)c2n1. The summed E-state index contributed by atoms with van der Waals surface area (Å²) < 4.78 is 5.32. The van der Waals surface area contributed by atoms with Crippen LogP contribution < -0.4 is 4.90 Å². The molecule has 0 unspecified atom stereocenters. The fraction of sp³-hybridized carbons (Fsp3) is 0.235. The Labute approximate surface area is 158 Å². The Hall–Kier alpha value is -2.35. The molecule has 0 aliphatic carbocycles. The third-order valence-corrected chi connectivity index (χ3v) is 5.17. The second-order valence-corrected chi connectivity index (χ2v) is 6.68. The molecule has 0 radical (unpaired) electrons. The number of pyridine rings is 1. The van der Waals surface area contributed by atoms with Gasteiger partial charge in [0.25, 0.3) is 0 Å². The number of carbonyl (C=O) groups is 1. The number of nitrogens with one attached hydrogen (secondary N) is 1. The van der Waals surface area contributed by atoms with E-state index >= 15 is 0 Å². The number of benzene rings is 1. The van der Waals surface area contributed by atoms with Gasteiger partial charge in [-0.1, -0.05) is 29.3 Å². The maximum atomic E-state index is 11.6. The van der Waals surface area contributed by atoms with Gasteiger partial charge in [-0.2, -0.15) is 5.10 Å². The number of anilines is 1. The largest absolute Gasteiger partial charge is 0.480 e. The molecule has 3 heterocycles. The summed E-state index contributed by atoms with van der Waals surface area (Å²) in [6.07, 6.45) is 3.45. The summed E-state index contributed by atoms with van der Waals surface area (Å²) in [5.41, 5.74) is 2.20. The van der Waals surface area contributed by atoms with E-state index in [1.54, 1.807) is 23.4 Å². The first kappa shape index (κ1) is 17.1. The zero-order valence-electron chi connectivity index (χ0n) is 13.4. The third kappa shape index (κ3) is 2.88. The van der Waals surface area contributed by atoms with E-state index in [9.17, 15) is 9.90 Å². The maximum absolute atomic E-state index is 11.6. The molecular weight excluding hydrogens is 379 g/mol. The summed E-state index contributed by atoms with van der Waals surface area (Å²) in [4.78, 5) is 18.0. The van der Waals surface area contributed by atoms with Crippen LogP contribution in [0.3, 0.4) is 0 Å². The van der Waals surface area contributed by atoms with Gasteiger partial charge in [0.15, 0.2) is 6.04 Å². The van der Waals surface area contributed by atoms with Gasteiger partial charge >= 0.3 is 5.97 Å². The Morgan fingerprint density at radius 1 is 1.38 bits per heavy atom. The van der Waals surface area contributed by atoms with Gasteiger partial charge in [0.2, 0.25) is 0 Å². The van der Waals surface area contributed by atoms with Crippen molar-refractivity contribution in [2.24, 2.45) is 0 Å². The summed E-state index contributed by atoms with van der Waals surface area (Å²) in [7, 11) is 0. The molecule has 1 atom stereocenters. The Morgan fingerprint density at radius 3 is 2.96 bits per heavy atom. The molecule has 1 aromatic carbocycles. The van der Waals surface area contributed by atoms with Crippen molar-refractivity contribution in [2.45, 2.75) is 6.04 Å².